The SMILES string of the molecule is CC(C)C(=O)N1CCC(C(NC(=O)c2ccccc2)C(=O)NCc2ccco2)CC1. The van der Waals surface area contributed by atoms with Gasteiger partial charge in [0.25, 0.3) is 5.91 Å². The minimum atomic E-state index is -0.677. The summed E-state index contributed by atoms with van der Waals surface area (Å²) in [6.07, 6.45) is 2.87. The highest BCUT2D eigenvalue weighted by Gasteiger charge is 2.34. The first-order valence-corrected chi connectivity index (χ1v) is 10.4. The normalized spacial score (nSPS) is 15.6. The van der Waals surface area contributed by atoms with Gasteiger partial charge in [-0.05, 0) is 43.0 Å². The minimum absolute atomic E-state index is 0.0493. The molecule has 1 atom stereocenters. The Labute approximate surface area is 176 Å². The quantitative estimate of drug-likeness (QED) is 0.733. The molecule has 7 nitrogen and oxygen atoms in total. The van der Waals surface area contributed by atoms with Gasteiger partial charge in [0, 0.05) is 24.6 Å². The van der Waals surface area contributed by atoms with Crippen molar-refractivity contribution in [3.8, 4) is 0 Å². The third kappa shape index (κ3) is 5.49. The number of furan rings is 1. The number of benzene rings is 1. The van der Waals surface area contributed by atoms with Crippen molar-refractivity contribution in [1.29, 1.82) is 0 Å². The largest absolute Gasteiger partial charge is 0.467 e. The van der Waals surface area contributed by atoms with E-state index in [9.17, 15) is 14.4 Å². The zero-order valence-electron chi connectivity index (χ0n) is 17.5. The van der Waals surface area contributed by atoms with E-state index in [1.54, 1.807) is 42.7 Å². The number of nitrogens with one attached hydrogen (secondary N) is 2. The van der Waals surface area contributed by atoms with Crippen molar-refractivity contribution in [1.82, 2.24) is 15.5 Å². The van der Waals surface area contributed by atoms with Crippen LogP contribution in [0, 0.1) is 11.8 Å². The Morgan fingerprint density at radius 3 is 2.37 bits per heavy atom. The average molecular weight is 412 g/mol. The van der Waals surface area contributed by atoms with E-state index in [-0.39, 0.29) is 36.1 Å². The first kappa shape index (κ1) is 21.6. The number of likely N-dealkylation sites (tertiary alicyclic amines) is 1. The molecule has 2 aromatic rings. The van der Waals surface area contributed by atoms with Crippen molar-refractivity contribution in [3.63, 3.8) is 0 Å². The Kier molecular flexibility index (Phi) is 7.27. The second-order valence-electron chi connectivity index (χ2n) is 7.93. The molecule has 1 aromatic heterocycles. The molecular weight excluding hydrogens is 382 g/mol. The summed E-state index contributed by atoms with van der Waals surface area (Å²) < 4.78 is 5.28. The lowest BCUT2D eigenvalue weighted by molar-refractivity contribution is -0.136. The van der Waals surface area contributed by atoms with Crippen molar-refractivity contribution < 1.29 is 18.8 Å². The van der Waals surface area contributed by atoms with Crippen molar-refractivity contribution in [2.45, 2.75) is 39.3 Å². The number of carbonyl (C=O) groups is 3. The Hall–Kier alpha value is -3.09. The molecule has 1 aliphatic heterocycles. The Balaban J connectivity index is 1.68. The maximum Gasteiger partial charge on any atom is 0.251 e. The van der Waals surface area contributed by atoms with Crippen LogP contribution in [0.5, 0.6) is 0 Å². The molecule has 7 heteroatoms. The monoisotopic (exact) mass is 411 g/mol. The second kappa shape index (κ2) is 10.1. The number of nitrogens with zero attached hydrogens (tertiary/aromatic N) is 1. The molecule has 0 bridgehead atoms. The van der Waals surface area contributed by atoms with Crippen LogP contribution in [-0.4, -0.2) is 41.8 Å². The molecule has 1 fully saturated rings. The minimum Gasteiger partial charge on any atom is -0.467 e. The van der Waals surface area contributed by atoms with E-state index >= 15 is 0 Å². The molecular formula is C23H29N3O4. The van der Waals surface area contributed by atoms with Gasteiger partial charge in [0.05, 0.1) is 12.8 Å². The van der Waals surface area contributed by atoms with Crippen molar-refractivity contribution >= 4 is 17.7 Å². The highest BCUT2D eigenvalue weighted by Crippen LogP contribution is 2.23. The smallest absolute Gasteiger partial charge is 0.251 e. The summed E-state index contributed by atoms with van der Waals surface area (Å²) in [4.78, 5) is 39.8. The molecule has 30 heavy (non-hydrogen) atoms. The molecule has 2 heterocycles. The van der Waals surface area contributed by atoms with Crippen LogP contribution in [0.1, 0.15) is 42.8 Å². The fourth-order valence-electron chi connectivity index (χ4n) is 3.73. The lowest BCUT2D eigenvalue weighted by atomic mass is 9.88. The van der Waals surface area contributed by atoms with E-state index in [0.717, 1.165) is 0 Å². The van der Waals surface area contributed by atoms with E-state index in [1.807, 2.05) is 24.8 Å². The maximum atomic E-state index is 13.0. The van der Waals surface area contributed by atoms with Gasteiger partial charge in [-0.2, -0.15) is 0 Å². The fraction of sp³-hybridized carbons (Fsp3) is 0.435. The van der Waals surface area contributed by atoms with E-state index in [4.69, 9.17) is 4.42 Å². The molecule has 1 saturated heterocycles. The van der Waals surface area contributed by atoms with Crippen LogP contribution in [0.4, 0.5) is 0 Å². The molecule has 1 unspecified atom stereocenters. The number of hydrogen-bond donors (Lipinski definition) is 2. The summed E-state index contributed by atoms with van der Waals surface area (Å²) in [5, 5.41) is 5.78. The molecule has 160 valence electrons. The highest BCUT2D eigenvalue weighted by molar-refractivity contribution is 5.97. The number of carbonyl (C=O) groups excluding carboxylic acids is 3. The predicted octanol–water partition coefficient (Wildman–Crippen LogP) is 2.59. The zero-order chi connectivity index (χ0) is 21.5. The van der Waals surface area contributed by atoms with Gasteiger partial charge in [-0.25, -0.2) is 0 Å². The van der Waals surface area contributed by atoms with Crippen LogP contribution in [0.15, 0.2) is 53.1 Å². The third-order valence-electron chi connectivity index (χ3n) is 5.44. The van der Waals surface area contributed by atoms with Gasteiger partial charge in [-0.3, -0.25) is 14.4 Å². The number of rotatable bonds is 7. The number of piperidine rings is 1. The fourth-order valence-corrected chi connectivity index (χ4v) is 3.73. The van der Waals surface area contributed by atoms with Crippen molar-refractivity contribution in [3.05, 3.63) is 60.1 Å². The molecule has 3 amide bonds. The van der Waals surface area contributed by atoms with E-state index in [2.05, 4.69) is 10.6 Å². The van der Waals surface area contributed by atoms with Gasteiger partial charge in [0.2, 0.25) is 11.8 Å². The van der Waals surface area contributed by atoms with Crippen molar-refractivity contribution in [2.24, 2.45) is 11.8 Å². The average Bonchev–Trinajstić information content (AvgIpc) is 3.29. The molecule has 0 spiro atoms. The standard InChI is InChI=1S/C23H29N3O4/c1-16(2)23(29)26-12-10-17(11-13-26)20(22(28)24-15-19-9-6-14-30-19)25-21(27)18-7-4-3-5-8-18/h3-9,14,16-17,20H,10-13,15H2,1-2H3,(H,24,28)(H,25,27). The van der Waals surface area contributed by atoms with Crippen LogP contribution < -0.4 is 10.6 Å². The van der Waals surface area contributed by atoms with Gasteiger partial charge >= 0.3 is 0 Å². The lowest BCUT2D eigenvalue weighted by Gasteiger charge is -2.36. The third-order valence-corrected chi connectivity index (χ3v) is 5.44. The summed E-state index contributed by atoms with van der Waals surface area (Å²) in [5.41, 5.74) is 0.508. The van der Waals surface area contributed by atoms with Gasteiger partial charge in [-0.1, -0.05) is 32.0 Å². The van der Waals surface area contributed by atoms with Gasteiger partial charge in [0.15, 0.2) is 0 Å². The number of hydrogen-bond acceptors (Lipinski definition) is 4. The van der Waals surface area contributed by atoms with E-state index < -0.39 is 6.04 Å². The first-order valence-electron chi connectivity index (χ1n) is 10.4. The van der Waals surface area contributed by atoms with Crippen LogP contribution in [-0.2, 0) is 16.1 Å². The van der Waals surface area contributed by atoms with Crippen LogP contribution >= 0.6 is 0 Å². The molecule has 2 N–H and O–H groups in total. The van der Waals surface area contributed by atoms with Crippen molar-refractivity contribution in [2.75, 3.05) is 13.1 Å². The zero-order valence-corrected chi connectivity index (χ0v) is 17.5. The summed E-state index contributed by atoms with van der Waals surface area (Å²) in [6, 6.07) is 11.7. The number of amides is 3. The Bertz CT molecular complexity index is 841. The summed E-state index contributed by atoms with van der Waals surface area (Å²) in [7, 11) is 0. The molecule has 1 aromatic carbocycles. The van der Waals surface area contributed by atoms with E-state index in [0.29, 0.717) is 37.3 Å². The highest BCUT2D eigenvalue weighted by atomic mass is 16.3. The molecule has 0 saturated carbocycles. The van der Waals surface area contributed by atoms with Gasteiger partial charge < -0.3 is 20.0 Å². The van der Waals surface area contributed by atoms with E-state index in [1.165, 1.54) is 0 Å². The van der Waals surface area contributed by atoms with Crippen LogP contribution in [0.3, 0.4) is 0 Å². The maximum absolute atomic E-state index is 13.0. The summed E-state index contributed by atoms with van der Waals surface area (Å²) in [6.45, 7) is 5.21. The van der Waals surface area contributed by atoms with Gasteiger partial charge in [0.1, 0.15) is 11.8 Å². The van der Waals surface area contributed by atoms with Crippen LogP contribution in [0.2, 0.25) is 0 Å². The summed E-state index contributed by atoms with van der Waals surface area (Å²) in [5.74, 6) is 0.144. The predicted molar refractivity (Wildman–Crippen MR) is 112 cm³/mol. The Morgan fingerprint density at radius 2 is 1.77 bits per heavy atom. The second-order valence-corrected chi connectivity index (χ2v) is 7.93. The van der Waals surface area contributed by atoms with Gasteiger partial charge in [-0.15, -0.1) is 0 Å². The molecule has 3 rings (SSSR count). The molecule has 1 aliphatic rings. The topological polar surface area (TPSA) is 91.7 Å². The lowest BCUT2D eigenvalue weighted by Crippen LogP contribution is -2.54. The molecule has 0 aliphatic carbocycles. The molecule has 0 radical (unpaired) electrons. The summed E-state index contributed by atoms with van der Waals surface area (Å²) >= 11 is 0. The Morgan fingerprint density at radius 1 is 1.07 bits per heavy atom. The van der Waals surface area contributed by atoms with Crippen LogP contribution in [0.25, 0.3) is 0 Å². The first-order chi connectivity index (χ1) is 14.5.